The molecule has 0 aliphatic rings. The van der Waals surface area contributed by atoms with Gasteiger partial charge in [-0.2, -0.15) is 13.2 Å². The van der Waals surface area contributed by atoms with Gasteiger partial charge in [-0.15, -0.1) is 0 Å². The van der Waals surface area contributed by atoms with Crippen LogP contribution >= 0.6 is 11.3 Å². The number of carbonyl (C=O) groups excluding carboxylic acids is 1. The lowest BCUT2D eigenvalue weighted by Crippen LogP contribution is -2.25. The van der Waals surface area contributed by atoms with Crippen molar-refractivity contribution >= 4 is 39.1 Å². The molecule has 0 spiro atoms. The molecule has 13 heteroatoms. The van der Waals surface area contributed by atoms with Gasteiger partial charge in [-0.3, -0.25) is 0 Å². The molecule has 3 aromatic rings. The Labute approximate surface area is 191 Å². The van der Waals surface area contributed by atoms with Crippen LogP contribution in [0.4, 0.5) is 29.3 Å². The number of amides is 2. The van der Waals surface area contributed by atoms with E-state index in [1.807, 2.05) is 6.92 Å². The number of aromatic nitrogens is 3. The second-order valence-corrected chi connectivity index (χ2v) is 8.47. The fourth-order valence-corrected chi connectivity index (χ4v) is 3.74. The first-order valence-corrected chi connectivity index (χ1v) is 10.6. The Morgan fingerprint density at radius 1 is 1.24 bits per heavy atom. The lowest BCUT2D eigenvalue weighted by Gasteiger charge is -2.17. The summed E-state index contributed by atoms with van der Waals surface area (Å²) in [7, 11) is 1.51. The number of nitrogens with one attached hydrogen (secondary N) is 2. The third kappa shape index (κ3) is 5.86. The Balaban J connectivity index is 1.86. The highest BCUT2D eigenvalue weighted by Crippen LogP contribution is 2.37. The molecule has 0 bridgehead atoms. The number of anilines is 2. The zero-order chi connectivity index (χ0) is 24.3. The number of hydrogen-bond acceptors (Lipinski definition) is 8. The van der Waals surface area contributed by atoms with Gasteiger partial charge in [0, 0.05) is 18.7 Å². The molecule has 0 aliphatic heterocycles. The second-order valence-electron chi connectivity index (χ2n) is 7.29. The molecule has 2 atom stereocenters. The topological polar surface area (TPSA) is 124 Å². The van der Waals surface area contributed by atoms with Gasteiger partial charge in [0.1, 0.15) is 22.5 Å². The van der Waals surface area contributed by atoms with Gasteiger partial charge < -0.3 is 25.8 Å². The van der Waals surface area contributed by atoms with Crippen LogP contribution in [0.1, 0.15) is 36.1 Å². The lowest BCUT2D eigenvalue weighted by molar-refractivity contribution is -0.139. The summed E-state index contributed by atoms with van der Waals surface area (Å²) in [5.41, 5.74) is 5.74. The molecular weight excluding hydrogens is 461 g/mol. The SMILES string of the molecule is COC(C)c1c(NC(=O)Nc2cnc(OC[C@H](C)N)c(C(F)(F)F)c2)cnc2sc(C)nc12. The van der Waals surface area contributed by atoms with Gasteiger partial charge >= 0.3 is 12.2 Å². The van der Waals surface area contributed by atoms with E-state index in [0.717, 1.165) is 17.3 Å². The fraction of sp³-hybridized carbons (Fsp3) is 0.400. The van der Waals surface area contributed by atoms with Crippen LogP contribution in [0.15, 0.2) is 18.5 Å². The summed E-state index contributed by atoms with van der Waals surface area (Å²) in [5, 5.41) is 5.75. The summed E-state index contributed by atoms with van der Waals surface area (Å²) < 4.78 is 50.9. The van der Waals surface area contributed by atoms with E-state index in [1.54, 1.807) is 13.8 Å². The molecule has 1 unspecified atom stereocenters. The summed E-state index contributed by atoms with van der Waals surface area (Å²) in [6.45, 7) is 5.06. The Morgan fingerprint density at radius 2 is 1.97 bits per heavy atom. The number of rotatable bonds is 7. The predicted octanol–water partition coefficient (Wildman–Crippen LogP) is 4.49. The average Bonchev–Trinajstić information content (AvgIpc) is 3.11. The van der Waals surface area contributed by atoms with Crippen LogP contribution in [0.5, 0.6) is 5.88 Å². The zero-order valence-corrected chi connectivity index (χ0v) is 19.1. The van der Waals surface area contributed by atoms with Gasteiger partial charge in [0.05, 0.1) is 34.9 Å². The molecule has 178 valence electrons. The maximum Gasteiger partial charge on any atom is 0.421 e. The molecule has 3 heterocycles. The van der Waals surface area contributed by atoms with Crippen molar-refractivity contribution in [1.29, 1.82) is 0 Å². The van der Waals surface area contributed by atoms with Crippen LogP contribution in [0.25, 0.3) is 10.3 Å². The van der Waals surface area contributed by atoms with Crippen molar-refractivity contribution in [2.75, 3.05) is 24.4 Å². The van der Waals surface area contributed by atoms with Gasteiger partial charge in [0.25, 0.3) is 0 Å². The molecule has 0 radical (unpaired) electrons. The van der Waals surface area contributed by atoms with Gasteiger partial charge in [0.15, 0.2) is 0 Å². The molecule has 0 fully saturated rings. The van der Waals surface area contributed by atoms with Crippen molar-refractivity contribution in [2.45, 2.75) is 39.1 Å². The molecule has 0 aromatic carbocycles. The van der Waals surface area contributed by atoms with E-state index in [-0.39, 0.29) is 12.3 Å². The monoisotopic (exact) mass is 484 g/mol. The number of thiazole rings is 1. The number of ether oxygens (including phenoxy) is 2. The van der Waals surface area contributed by atoms with Crippen LogP contribution in [-0.2, 0) is 10.9 Å². The first-order valence-electron chi connectivity index (χ1n) is 9.82. The number of halogens is 3. The fourth-order valence-electron chi connectivity index (χ4n) is 2.96. The van der Waals surface area contributed by atoms with Crippen LogP contribution in [0, 0.1) is 6.92 Å². The highest BCUT2D eigenvalue weighted by atomic mass is 32.1. The standard InChI is InChI=1S/C20H23F3N6O3S/c1-9(24)8-32-17-13(20(21,22)23)5-12(6-25-17)28-19(30)29-14-7-26-18-16(27-11(3)33-18)15(14)10(2)31-4/h5-7,9-10H,8,24H2,1-4H3,(H2,28,29,30)/t9-,10?/m0/s1. The summed E-state index contributed by atoms with van der Waals surface area (Å²) in [4.78, 5) is 25.7. The second kappa shape index (κ2) is 9.85. The normalized spacial score (nSPS) is 13.6. The van der Waals surface area contributed by atoms with Crippen molar-refractivity contribution in [2.24, 2.45) is 5.73 Å². The number of nitrogens with two attached hydrogens (primary N) is 1. The van der Waals surface area contributed by atoms with Crippen molar-refractivity contribution in [3.8, 4) is 5.88 Å². The predicted molar refractivity (Wildman–Crippen MR) is 119 cm³/mol. The van der Waals surface area contributed by atoms with Gasteiger partial charge in [-0.1, -0.05) is 11.3 Å². The van der Waals surface area contributed by atoms with E-state index in [2.05, 4.69) is 25.6 Å². The lowest BCUT2D eigenvalue weighted by atomic mass is 10.1. The number of fused-ring (bicyclic) bond motifs is 1. The van der Waals surface area contributed by atoms with Crippen LogP contribution in [-0.4, -0.2) is 40.7 Å². The van der Waals surface area contributed by atoms with E-state index in [4.69, 9.17) is 15.2 Å². The minimum absolute atomic E-state index is 0.143. The van der Waals surface area contributed by atoms with Crippen LogP contribution in [0.3, 0.4) is 0 Å². The van der Waals surface area contributed by atoms with Crippen LogP contribution in [0.2, 0.25) is 0 Å². The minimum atomic E-state index is -4.74. The molecule has 33 heavy (non-hydrogen) atoms. The van der Waals surface area contributed by atoms with Crippen LogP contribution < -0.4 is 21.1 Å². The smallest absolute Gasteiger partial charge is 0.421 e. The van der Waals surface area contributed by atoms with Crippen molar-refractivity contribution < 1.29 is 27.4 Å². The Kier molecular flexibility index (Phi) is 7.34. The Hall–Kier alpha value is -3.03. The molecular formula is C20H23F3N6O3S. The Morgan fingerprint density at radius 3 is 2.61 bits per heavy atom. The summed E-state index contributed by atoms with van der Waals surface area (Å²) >= 11 is 1.39. The van der Waals surface area contributed by atoms with Crippen molar-refractivity contribution in [1.82, 2.24) is 15.0 Å². The van der Waals surface area contributed by atoms with E-state index in [9.17, 15) is 18.0 Å². The molecule has 3 rings (SSSR count). The molecule has 0 saturated heterocycles. The maximum absolute atomic E-state index is 13.5. The van der Waals surface area contributed by atoms with Crippen molar-refractivity contribution in [3.63, 3.8) is 0 Å². The molecule has 3 aromatic heterocycles. The number of aryl methyl sites for hydroxylation is 1. The zero-order valence-electron chi connectivity index (χ0n) is 18.3. The third-order valence-electron chi connectivity index (χ3n) is 4.48. The number of hydrogen-bond donors (Lipinski definition) is 3. The quantitative estimate of drug-likeness (QED) is 0.451. The number of carbonyl (C=O) groups is 1. The third-order valence-corrected chi connectivity index (χ3v) is 5.36. The molecule has 0 saturated carbocycles. The summed E-state index contributed by atoms with van der Waals surface area (Å²) in [6.07, 6.45) is -2.65. The molecule has 9 nitrogen and oxygen atoms in total. The van der Waals surface area contributed by atoms with Gasteiger partial charge in [-0.05, 0) is 26.8 Å². The Bertz CT molecular complexity index is 1150. The average molecular weight is 485 g/mol. The molecule has 2 amide bonds. The van der Waals surface area contributed by atoms with E-state index < -0.39 is 35.8 Å². The first-order chi connectivity index (χ1) is 15.5. The minimum Gasteiger partial charge on any atom is -0.476 e. The number of urea groups is 1. The number of methoxy groups -OCH3 is 1. The largest absolute Gasteiger partial charge is 0.476 e. The van der Waals surface area contributed by atoms with E-state index in [0.29, 0.717) is 21.6 Å². The number of alkyl halides is 3. The summed E-state index contributed by atoms with van der Waals surface area (Å²) in [5.74, 6) is -0.615. The maximum atomic E-state index is 13.5. The highest BCUT2D eigenvalue weighted by molar-refractivity contribution is 7.18. The van der Waals surface area contributed by atoms with E-state index >= 15 is 0 Å². The number of pyridine rings is 2. The highest BCUT2D eigenvalue weighted by Gasteiger charge is 2.36. The molecule has 4 N–H and O–H groups in total. The first kappa shape index (κ1) is 24.6. The van der Waals surface area contributed by atoms with Gasteiger partial charge in [-0.25, -0.2) is 19.7 Å². The van der Waals surface area contributed by atoms with Gasteiger partial charge in [0.2, 0.25) is 5.88 Å². The number of nitrogens with zero attached hydrogens (tertiary/aromatic N) is 3. The van der Waals surface area contributed by atoms with Crippen molar-refractivity contribution in [3.05, 3.63) is 34.6 Å². The summed E-state index contributed by atoms with van der Waals surface area (Å²) in [6, 6.07) is -0.521. The van der Waals surface area contributed by atoms with E-state index in [1.165, 1.54) is 24.6 Å². The molecule has 0 aliphatic carbocycles.